The highest BCUT2D eigenvalue weighted by molar-refractivity contribution is 7.98. The van der Waals surface area contributed by atoms with Crippen LogP contribution in [0.3, 0.4) is 0 Å². The predicted octanol–water partition coefficient (Wildman–Crippen LogP) is 3.19. The number of thioether (sulfide) groups is 1. The monoisotopic (exact) mass is 360 g/mol. The minimum atomic E-state index is -0.217. The average molecular weight is 361 g/mol. The zero-order valence-electron chi connectivity index (χ0n) is 13.7. The normalized spacial score (nSPS) is 17.4. The second-order valence-electron chi connectivity index (χ2n) is 5.68. The molecule has 1 heterocycles. The number of nitrogens with zero attached hydrogens (tertiary/aromatic N) is 1. The van der Waals surface area contributed by atoms with E-state index in [1.54, 1.807) is 23.8 Å². The summed E-state index contributed by atoms with van der Waals surface area (Å²) in [5.74, 6) is 1.75. The average Bonchev–Trinajstić information content (AvgIpc) is 2.87. The van der Waals surface area contributed by atoms with Crippen molar-refractivity contribution in [2.75, 3.05) is 19.1 Å². The third-order valence-corrected chi connectivity index (χ3v) is 5.23. The highest BCUT2D eigenvalue weighted by Gasteiger charge is 2.35. The van der Waals surface area contributed by atoms with Crippen molar-refractivity contribution < 1.29 is 9.53 Å². The third-order valence-electron chi connectivity index (χ3n) is 4.25. The molecule has 3 rings (SSSR count). The molecule has 1 saturated heterocycles. The number of carbonyl (C=O) groups excluding carboxylic acids is 1. The molecule has 0 aromatic heterocycles. The largest absolute Gasteiger partial charge is 0.496 e. The Hall–Kier alpha value is -1.79. The Balaban J connectivity index is 1.92. The molecule has 4 nitrogen and oxygen atoms in total. The van der Waals surface area contributed by atoms with Gasteiger partial charge in [0.05, 0.1) is 13.7 Å². The van der Waals surface area contributed by atoms with Crippen molar-refractivity contribution in [3.8, 4) is 5.75 Å². The summed E-state index contributed by atoms with van der Waals surface area (Å²) < 4.78 is 5.52. The summed E-state index contributed by atoms with van der Waals surface area (Å²) in [5.41, 5.74) is 0.985. The zero-order valence-corrected chi connectivity index (χ0v) is 15.4. The highest BCUT2D eigenvalue weighted by Crippen LogP contribution is 2.30. The number of fused-ring (bicyclic) bond motifs is 1. The van der Waals surface area contributed by atoms with Gasteiger partial charge in [-0.05, 0) is 47.5 Å². The smallest absolute Gasteiger partial charge is 0.251 e. The molecule has 1 unspecified atom stereocenters. The molecular formula is C18H20N2O2S2. The number of thiocarbonyl (C=S) groups is 1. The fourth-order valence-corrected chi connectivity index (χ4v) is 3.75. The van der Waals surface area contributed by atoms with E-state index in [1.165, 1.54) is 0 Å². The van der Waals surface area contributed by atoms with Crippen molar-refractivity contribution in [2.24, 2.45) is 0 Å². The van der Waals surface area contributed by atoms with Gasteiger partial charge in [0.15, 0.2) is 5.11 Å². The Labute approximate surface area is 151 Å². The van der Waals surface area contributed by atoms with Gasteiger partial charge in [0.1, 0.15) is 11.8 Å². The van der Waals surface area contributed by atoms with Crippen LogP contribution in [0.5, 0.6) is 5.75 Å². The molecule has 2 aromatic carbocycles. The van der Waals surface area contributed by atoms with Crippen LogP contribution in [0.4, 0.5) is 0 Å². The van der Waals surface area contributed by atoms with E-state index in [-0.39, 0.29) is 11.9 Å². The van der Waals surface area contributed by atoms with Gasteiger partial charge >= 0.3 is 0 Å². The lowest BCUT2D eigenvalue weighted by Crippen LogP contribution is -2.31. The first-order valence-corrected chi connectivity index (χ1v) is 9.61. The fraction of sp³-hybridized carbons (Fsp3) is 0.333. The maximum atomic E-state index is 12.7. The molecule has 0 saturated carbocycles. The number of hydrogen-bond donors (Lipinski definition) is 1. The van der Waals surface area contributed by atoms with Crippen molar-refractivity contribution in [2.45, 2.75) is 19.0 Å². The maximum Gasteiger partial charge on any atom is 0.251 e. The van der Waals surface area contributed by atoms with Crippen LogP contribution in [0.1, 0.15) is 12.0 Å². The second kappa shape index (κ2) is 7.40. The fourth-order valence-electron chi connectivity index (χ4n) is 2.99. The molecule has 1 fully saturated rings. The Morgan fingerprint density at radius 3 is 2.83 bits per heavy atom. The van der Waals surface area contributed by atoms with Crippen molar-refractivity contribution in [3.63, 3.8) is 0 Å². The Kier molecular flexibility index (Phi) is 5.26. The maximum absolute atomic E-state index is 12.7. The lowest BCUT2D eigenvalue weighted by molar-refractivity contribution is -0.127. The standard InChI is InChI=1S/C18H20N2O2S2/c1-22-16-8-7-12-5-3-4-6-13(12)14(16)11-20-17(21)15(9-10-24-2)19-18(20)23/h3-8,15H,9-11H2,1-2H3,(H,19,23). The van der Waals surface area contributed by atoms with Gasteiger partial charge in [0, 0.05) is 5.56 Å². The van der Waals surface area contributed by atoms with E-state index in [0.717, 1.165) is 34.3 Å². The van der Waals surface area contributed by atoms with Gasteiger partial charge in [-0.25, -0.2) is 0 Å². The van der Waals surface area contributed by atoms with Crippen LogP contribution < -0.4 is 10.1 Å². The van der Waals surface area contributed by atoms with Gasteiger partial charge < -0.3 is 10.1 Å². The molecule has 126 valence electrons. The molecule has 24 heavy (non-hydrogen) atoms. The van der Waals surface area contributed by atoms with Gasteiger partial charge in [0.2, 0.25) is 0 Å². The van der Waals surface area contributed by atoms with Crippen LogP contribution in [-0.4, -0.2) is 41.1 Å². The first-order valence-electron chi connectivity index (χ1n) is 7.81. The van der Waals surface area contributed by atoms with Gasteiger partial charge in [-0.1, -0.05) is 30.3 Å². The lowest BCUT2D eigenvalue weighted by atomic mass is 10.0. The molecular weight excluding hydrogens is 340 g/mol. The molecule has 0 bridgehead atoms. The van der Waals surface area contributed by atoms with E-state index in [2.05, 4.69) is 17.4 Å². The van der Waals surface area contributed by atoms with E-state index in [0.29, 0.717) is 11.7 Å². The predicted molar refractivity (Wildman–Crippen MR) is 104 cm³/mol. The van der Waals surface area contributed by atoms with E-state index in [9.17, 15) is 4.79 Å². The summed E-state index contributed by atoms with van der Waals surface area (Å²) in [6, 6.07) is 11.9. The van der Waals surface area contributed by atoms with E-state index >= 15 is 0 Å². The molecule has 0 aliphatic carbocycles. The number of rotatable bonds is 6. The molecule has 2 aromatic rings. The molecule has 1 amide bonds. The molecule has 1 N–H and O–H groups in total. The molecule has 0 spiro atoms. The van der Waals surface area contributed by atoms with Gasteiger partial charge in [0.25, 0.3) is 5.91 Å². The second-order valence-corrected chi connectivity index (χ2v) is 7.05. The van der Waals surface area contributed by atoms with Crippen molar-refractivity contribution in [1.29, 1.82) is 0 Å². The number of amides is 1. The molecule has 1 aliphatic heterocycles. The minimum Gasteiger partial charge on any atom is -0.496 e. The Morgan fingerprint density at radius 1 is 1.29 bits per heavy atom. The van der Waals surface area contributed by atoms with E-state index in [4.69, 9.17) is 17.0 Å². The minimum absolute atomic E-state index is 0.0454. The summed E-state index contributed by atoms with van der Waals surface area (Å²) >= 11 is 7.12. The van der Waals surface area contributed by atoms with Crippen LogP contribution in [0.15, 0.2) is 36.4 Å². The molecule has 1 aliphatic rings. The van der Waals surface area contributed by atoms with Gasteiger partial charge in [-0.3, -0.25) is 9.69 Å². The number of benzene rings is 2. The first kappa shape index (κ1) is 17.0. The van der Waals surface area contributed by atoms with Gasteiger partial charge in [-0.2, -0.15) is 11.8 Å². The Morgan fingerprint density at radius 2 is 2.08 bits per heavy atom. The van der Waals surface area contributed by atoms with Crippen LogP contribution >= 0.6 is 24.0 Å². The number of methoxy groups -OCH3 is 1. The molecule has 1 atom stereocenters. The van der Waals surface area contributed by atoms with Crippen LogP contribution in [-0.2, 0) is 11.3 Å². The van der Waals surface area contributed by atoms with Crippen molar-refractivity contribution in [1.82, 2.24) is 10.2 Å². The zero-order chi connectivity index (χ0) is 17.1. The van der Waals surface area contributed by atoms with Crippen molar-refractivity contribution in [3.05, 3.63) is 42.0 Å². The van der Waals surface area contributed by atoms with E-state index < -0.39 is 0 Å². The first-order chi connectivity index (χ1) is 11.7. The highest BCUT2D eigenvalue weighted by atomic mass is 32.2. The van der Waals surface area contributed by atoms with Gasteiger partial charge in [-0.15, -0.1) is 0 Å². The Bertz CT molecular complexity index is 779. The number of hydrogen-bond acceptors (Lipinski definition) is 4. The quantitative estimate of drug-likeness (QED) is 0.802. The number of carbonyl (C=O) groups is 1. The number of ether oxygens (including phenoxy) is 1. The summed E-state index contributed by atoms with van der Waals surface area (Å²) in [6.45, 7) is 0.422. The number of nitrogens with one attached hydrogen (secondary N) is 1. The summed E-state index contributed by atoms with van der Waals surface area (Å²) in [5, 5.41) is 5.86. The van der Waals surface area contributed by atoms with Crippen molar-refractivity contribution >= 4 is 45.8 Å². The molecule has 6 heteroatoms. The van der Waals surface area contributed by atoms with E-state index in [1.807, 2.05) is 30.5 Å². The molecule has 0 radical (unpaired) electrons. The van der Waals surface area contributed by atoms with Crippen LogP contribution in [0.2, 0.25) is 0 Å². The topological polar surface area (TPSA) is 41.6 Å². The SMILES string of the molecule is COc1ccc2ccccc2c1CN1C(=O)C(CCSC)NC1=S. The lowest BCUT2D eigenvalue weighted by Gasteiger charge is -2.19. The third kappa shape index (κ3) is 3.21. The summed E-state index contributed by atoms with van der Waals surface area (Å²) in [6.07, 6.45) is 2.82. The van der Waals surface area contributed by atoms with Crippen LogP contribution in [0, 0.1) is 0 Å². The van der Waals surface area contributed by atoms with Crippen LogP contribution in [0.25, 0.3) is 10.8 Å². The summed E-state index contributed by atoms with van der Waals surface area (Å²) in [4.78, 5) is 14.3. The summed E-state index contributed by atoms with van der Waals surface area (Å²) in [7, 11) is 1.65.